The number of benzene rings is 1. The second kappa shape index (κ2) is 4.85. The number of carbonyl (C=O) groups is 2. The van der Waals surface area contributed by atoms with Crippen LogP contribution in [0.5, 0.6) is 0 Å². The molecular formula is C11H12BrN3O2. The van der Waals surface area contributed by atoms with E-state index in [0.29, 0.717) is 18.5 Å². The van der Waals surface area contributed by atoms with Crippen molar-refractivity contribution in [3.63, 3.8) is 0 Å². The van der Waals surface area contributed by atoms with E-state index in [0.717, 1.165) is 5.69 Å². The molecule has 6 heteroatoms. The van der Waals surface area contributed by atoms with Crippen LogP contribution in [0.3, 0.4) is 0 Å². The summed E-state index contributed by atoms with van der Waals surface area (Å²) >= 11 is 3.42. The van der Waals surface area contributed by atoms with E-state index < -0.39 is 0 Å². The number of halogens is 1. The van der Waals surface area contributed by atoms with Crippen molar-refractivity contribution >= 4 is 33.4 Å². The summed E-state index contributed by atoms with van der Waals surface area (Å²) < 4.78 is 0. The lowest BCUT2D eigenvalue weighted by Gasteiger charge is -2.16. The molecule has 0 radical (unpaired) electrons. The lowest BCUT2D eigenvalue weighted by molar-refractivity contribution is -0.117. The van der Waals surface area contributed by atoms with Gasteiger partial charge in [-0.05, 0) is 18.2 Å². The van der Waals surface area contributed by atoms with Crippen molar-refractivity contribution in [3.05, 3.63) is 29.8 Å². The van der Waals surface area contributed by atoms with E-state index in [1.807, 2.05) is 0 Å². The number of hydrazine groups is 1. The molecule has 90 valence electrons. The largest absolute Gasteiger partial charge is 0.311 e. The van der Waals surface area contributed by atoms with Gasteiger partial charge in [0.15, 0.2) is 0 Å². The van der Waals surface area contributed by atoms with Crippen LogP contribution in [0.2, 0.25) is 0 Å². The molecule has 1 aliphatic rings. The molecule has 0 aliphatic carbocycles. The first-order valence-electron chi connectivity index (χ1n) is 5.17. The molecule has 0 spiro atoms. The van der Waals surface area contributed by atoms with E-state index in [4.69, 9.17) is 5.84 Å². The number of carbonyl (C=O) groups excluding carboxylic acids is 2. The van der Waals surface area contributed by atoms with Crippen LogP contribution in [0.15, 0.2) is 24.3 Å². The molecule has 0 aromatic heterocycles. The predicted molar refractivity (Wildman–Crippen MR) is 67.8 cm³/mol. The number of alkyl halides is 1. The molecule has 2 rings (SSSR count). The Labute approximate surface area is 107 Å². The molecule has 1 heterocycles. The Balaban J connectivity index is 2.27. The fourth-order valence-corrected chi connectivity index (χ4v) is 2.38. The number of rotatable bonds is 2. The zero-order valence-corrected chi connectivity index (χ0v) is 10.6. The minimum absolute atomic E-state index is 0.0529. The molecule has 1 unspecified atom stereocenters. The van der Waals surface area contributed by atoms with Gasteiger partial charge in [0.1, 0.15) is 0 Å². The Morgan fingerprint density at radius 3 is 2.88 bits per heavy atom. The summed E-state index contributed by atoms with van der Waals surface area (Å²) in [5.74, 6) is 4.76. The van der Waals surface area contributed by atoms with Crippen LogP contribution in [0.1, 0.15) is 16.8 Å². The Kier molecular flexibility index (Phi) is 3.44. The summed E-state index contributed by atoms with van der Waals surface area (Å²) in [6, 6.07) is 6.84. The third-order valence-electron chi connectivity index (χ3n) is 2.63. The molecule has 17 heavy (non-hydrogen) atoms. The highest BCUT2D eigenvalue weighted by Gasteiger charge is 2.28. The number of anilines is 1. The summed E-state index contributed by atoms with van der Waals surface area (Å²) in [4.78, 5) is 24.9. The standard InChI is InChI=1S/C11H12BrN3O2/c12-8-5-10(16)15(6-8)9-3-1-2-7(4-9)11(17)14-13/h1-4,8H,5-6,13H2,(H,14,17). The predicted octanol–water partition coefficient (Wildman–Crippen LogP) is 0.790. The van der Waals surface area contributed by atoms with E-state index >= 15 is 0 Å². The van der Waals surface area contributed by atoms with Crippen LogP contribution in [-0.4, -0.2) is 23.2 Å². The number of nitrogen functional groups attached to an aromatic ring is 1. The zero-order valence-electron chi connectivity index (χ0n) is 9.02. The summed E-state index contributed by atoms with van der Waals surface area (Å²) in [5.41, 5.74) is 3.23. The van der Waals surface area contributed by atoms with Crippen molar-refractivity contribution in [1.29, 1.82) is 0 Å². The van der Waals surface area contributed by atoms with Crippen LogP contribution in [0, 0.1) is 0 Å². The van der Waals surface area contributed by atoms with Gasteiger partial charge in [-0.25, -0.2) is 5.84 Å². The summed E-state index contributed by atoms with van der Waals surface area (Å²) in [5, 5.41) is 0. The Morgan fingerprint density at radius 1 is 1.53 bits per heavy atom. The highest BCUT2D eigenvalue weighted by atomic mass is 79.9. The average molecular weight is 298 g/mol. The maximum atomic E-state index is 11.7. The van der Waals surface area contributed by atoms with Crippen LogP contribution in [0.4, 0.5) is 5.69 Å². The number of nitrogens with two attached hydrogens (primary N) is 1. The average Bonchev–Trinajstić information content (AvgIpc) is 2.67. The second-order valence-electron chi connectivity index (χ2n) is 3.83. The van der Waals surface area contributed by atoms with Gasteiger partial charge in [0.2, 0.25) is 5.91 Å². The molecule has 1 atom stereocenters. The maximum Gasteiger partial charge on any atom is 0.265 e. The van der Waals surface area contributed by atoms with Crippen molar-refractivity contribution in [2.24, 2.45) is 5.84 Å². The van der Waals surface area contributed by atoms with Crippen LogP contribution >= 0.6 is 15.9 Å². The number of hydrogen-bond acceptors (Lipinski definition) is 3. The van der Waals surface area contributed by atoms with Crippen molar-refractivity contribution < 1.29 is 9.59 Å². The topological polar surface area (TPSA) is 75.4 Å². The van der Waals surface area contributed by atoms with Gasteiger partial charge in [0.25, 0.3) is 5.91 Å². The van der Waals surface area contributed by atoms with Gasteiger partial charge in [0, 0.05) is 29.0 Å². The summed E-state index contributed by atoms with van der Waals surface area (Å²) in [6.07, 6.45) is 0.479. The van der Waals surface area contributed by atoms with Gasteiger partial charge in [0.05, 0.1) is 0 Å². The SMILES string of the molecule is NNC(=O)c1cccc(N2CC(Br)CC2=O)c1. The third-order valence-corrected chi connectivity index (χ3v) is 3.24. The quantitative estimate of drug-likeness (QED) is 0.367. The minimum Gasteiger partial charge on any atom is -0.311 e. The Morgan fingerprint density at radius 2 is 2.29 bits per heavy atom. The Bertz CT molecular complexity index is 464. The molecule has 1 aliphatic heterocycles. The first kappa shape index (κ1) is 12.1. The van der Waals surface area contributed by atoms with E-state index in [2.05, 4.69) is 21.4 Å². The molecule has 0 saturated carbocycles. The molecule has 1 fully saturated rings. The lowest BCUT2D eigenvalue weighted by atomic mass is 10.2. The first-order chi connectivity index (χ1) is 8.11. The molecule has 2 amide bonds. The van der Waals surface area contributed by atoms with Crippen molar-refractivity contribution in [2.75, 3.05) is 11.4 Å². The Hall–Kier alpha value is -1.40. The normalized spacial score (nSPS) is 19.5. The molecule has 5 nitrogen and oxygen atoms in total. The molecule has 1 saturated heterocycles. The van der Waals surface area contributed by atoms with Gasteiger partial charge in [-0.1, -0.05) is 22.0 Å². The molecular weight excluding hydrogens is 286 g/mol. The van der Waals surface area contributed by atoms with Gasteiger partial charge < -0.3 is 4.90 Å². The maximum absolute atomic E-state index is 11.7. The lowest BCUT2D eigenvalue weighted by Crippen LogP contribution is -2.30. The smallest absolute Gasteiger partial charge is 0.265 e. The molecule has 0 bridgehead atoms. The monoisotopic (exact) mass is 297 g/mol. The third kappa shape index (κ3) is 2.48. The highest BCUT2D eigenvalue weighted by molar-refractivity contribution is 9.09. The van der Waals surface area contributed by atoms with Crippen LogP contribution < -0.4 is 16.2 Å². The van der Waals surface area contributed by atoms with Crippen molar-refractivity contribution in [3.8, 4) is 0 Å². The van der Waals surface area contributed by atoms with E-state index in [1.54, 1.807) is 29.2 Å². The van der Waals surface area contributed by atoms with Crippen LogP contribution in [-0.2, 0) is 4.79 Å². The van der Waals surface area contributed by atoms with E-state index in [9.17, 15) is 9.59 Å². The van der Waals surface area contributed by atoms with E-state index in [-0.39, 0.29) is 16.6 Å². The molecule has 3 N–H and O–H groups in total. The van der Waals surface area contributed by atoms with Crippen molar-refractivity contribution in [2.45, 2.75) is 11.2 Å². The first-order valence-corrected chi connectivity index (χ1v) is 6.09. The second-order valence-corrected chi connectivity index (χ2v) is 5.12. The number of hydrogen-bond donors (Lipinski definition) is 2. The van der Waals surface area contributed by atoms with Crippen LogP contribution in [0.25, 0.3) is 0 Å². The number of nitrogens with one attached hydrogen (secondary N) is 1. The summed E-state index contributed by atoms with van der Waals surface area (Å²) in [6.45, 7) is 0.618. The van der Waals surface area contributed by atoms with Gasteiger partial charge in [-0.15, -0.1) is 0 Å². The zero-order chi connectivity index (χ0) is 12.4. The van der Waals surface area contributed by atoms with Gasteiger partial charge in [-0.3, -0.25) is 15.0 Å². The van der Waals surface area contributed by atoms with E-state index in [1.165, 1.54) is 0 Å². The highest BCUT2D eigenvalue weighted by Crippen LogP contribution is 2.25. The van der Waals surface area contributed by atoms with Gasteiger partial charge >= 0.3 is 0 Å². The van der Waals surface area contributed by atoms with Crippen molar-refractivity contribution in [1.82, 2.24) is 5.43 Å². The molecule has 1 aromatic rings. The summed E-state index contributed by atoms with van der Waals surface area (Å²) in [7, 11) is 0. The van der Waals surface area contributed by atoms with Gasteiger partial charge in [-0.2, -0.15) is 0 Å². The molecule has 1 aromatic carbocycles. The fourth-order valence-electron chi connectivity index (χ4n) is 1.81. The number of amides is 2. The fraction of sp³-hybridized carbons (Fsp3) is 0.273. The number of nitrogens with zero attached hydrogens (tertiary/aromatic N) is 1. The minimum atomic E-state index is -0.367.